The Hall–Kier alpha value is -2.16. The third-order valence-electron chi connectivity index (χ3n) is 5.09. The Morgan fingerprint density at radius 3 is 2.53 bits per heavy atom. The summed E-state index contributed by atoms with van der Waals surface area (Å²) in [4.78, 5) is 24.7. The van der Waals surface area contributed by atoms with Crippen LogP contribution in [0.5, 0.6) is 0 Å². The molecule has 10 heteroatoms. The molecule has 2 aliphatic heterocycles. The van der Waals surface area contributed by atoms with Gasteiger partial charge in [-0.1, -0.05) is 53.0 Å². The molecule has 4 unspecified atom stereocenters. The molecule has 1 fully saturated rings. The molecule has 1 saturated heterocycles. The van der Waals surface area contributed by atoms with Gasteiger partial charge < -0.3 is 10.5 Å². The second-order valence-corrected chi connectivity index (χ2v) is 8.17. The predicted molar refractivity (Wildman–Crippen MR) is 112 cm³/mol. The topological polar surface area (TPSA) is 81.7 Å². The van der Waals surface area contributed by atoms with Gasteiger partial charge in [0.15, 0.2) is 0 Å². The SMILES string of the molecule is O=C1NC(=O)C2C1C=CC(C(O)c1c(F)cccc1Cl)N2Nc1ccc(Cl)cc1Cl. The number of anilines is 1. The standard InChI is InChI=1S/C20H15Cl3FN3O3/c21-9-4-6-14(12(23)8-9)26-27-15(7-5-10-17(27)20(30)25-19(10)29)18(28)16-11(22)2-1-3-13(16)24/h1-8,10,15,17-18,26,28H,(H,25,29,30). The summed E-state index contributed by atoms with van der Waals surface area (Å²) >= 11 is 18.3. The lowest BCUT2D eigenvalue weighted by Gasteiger charge is -2.41. The van der Waals surface area contributed by atoms with Crippen molar-refractivity contribution in [3.05, 3.63) is 75.0 Å². The molecule has 0 aromatic heterocycles. The van der Waals surface area contributed by atoms with Crippen LogP contribution in [-0.2, 0) is 9.59 Å². The monoisotopic (exact) mass is 469 g/mol. The van der Waals surface area contributed by atoms with Crippen molar-refractivity contribution in [1.82, 2.24) is 10.3 Å². The lowest BCUT2D eigenvalue weighted by molar-refractivity contribution is -0.126. The third kappa shape index (κ3) is 3.68. The van der Waals surface area contributed by atoms with E-state index in [1.54, 1.807) is 12.1 Å². The summed E-state index contributed by atoms with van der Waals surface area (Å²) < 4.78 is 14.4. The zero-order valence-corrected chi connectivity index (χ0v) is 17.4. The molecule has 2 aromatic rings. The van der Waals surface area contributed by atoms with Gasteiger partial charge in [0.2, 0.25) is 11.8 Å². The Bertz CT molecular complexity index is 1040. The molecule has 2 aromatic carbocycles. The number of nitrogens with zero attached hydrogens (tertiary/aromatic N) is 1. The molecule has 0 saturated carbocycles. The van der Waals surface area contributed by atoms with Gasteiger partial charge in [-0.15, -0.1) is 0 Å². The van der Waals surface area contributed by atoms with Crippen molar-refractivity contribution in [2.45, 2.75) is 18.2 Å². The number of nitrogens with one attached hydrogen (secondary N) is 2. The fraction of sp³-hybridized carbons (Fsp3) is 0.200. The minimum absolute atomic E-state index is 0.0365. The molecule has 4 rings (SSSR count). The molecule has 3 N–H and O–H groups in total. The van der Waals surface area contributed by atoms with Gasteiger partial charge in [-0.25, -0.2) is 9.40 Å². The van der Waals surface area contributed by atoms with E-state index >= 15 is 0 Å². The van der Waals surface area contributed by atoms with Crippen LogP contribution in [0.4, 0.5) is 10.1 Å². The predicted octanol–water partition coefficient (Wildman–Crippen LogP) is 3.73. The molecule has 2 heterocycles. The van der Waals surface area contributed by atoms with E-state index in [4.69, 9.17) is 34.8 Å². The Balaban J connectivity index is 1.77. The highest BCUT2D eigenvalue weighted by Crippen LogP contribution is 2.37. The molecule has 30 heavy (non-hydrogen) atoms. The zero-order chi connectivity index (χ0) is 21.6. The number of hydrazine groups is 1. The fourth-order valence-electron chi connectivity index (χ4n) is 3.67. The summed E-state index contributed by atoms with van der Waals surface area (Å²) in [5, 5.41) is 15.4. The van der Waals surface area contributed by atoms with Gasteiger partial charge >= 0.3 is 0 Å². The van der Waals surface area contributed by atoms with Crippen LogP contribution in [0.3, 0.4) is 0 Å². The highest BCUT2D eigenvalue weighted by Gasteiger charge is 2.50. The average Bonchev–Trinajstić information content (AvgIpc) is 2.98. The van der Waals surface area contributed by atoms with Gasteiger partial charge in [0.1, 0.15) is 18.0 Å². The normalized spacial score (nSPS) is 24.5. The largest absolute Gasteiger partial charge is 0.386 e. The molecular formula is C20H15Cl3FN3O3. The highest BCUT2D eigenvalue weighted by molar-refractivity contribution is 6.36. The number of amides is 2. The summed E-state index contributed by atoms with van der Waals surface area (Å²) in [6.07, 6.45) is 1.61. The minimum Gasteiger partial charge on any atom is -0.386 e. The summed E-state index contributed by atoms with van der Waals surface area (Å²) in [7, 11) is 0. The van der Waals surface area contributed by atoms with E-state index in [0.29, 0.717) is 10.7 Å². The molecule has 2 aliphatic rings. The first kappa shape index (κ1) is 21.1. The van der Waals surface area contributed by atoms with Gasteiger partial charge in [0.05, 0.1) is 22.7 Å². The summed E-state index contributed by atoms with van der Waals surface area (Å²) in [5.41, 5.74) is 3.26. The minimum atomic E-state index is -1.45. The van der Waals surface area contributed by atoms with E-state index in [1.807, 2.05) is 0 Å². The van der Waals surface area contributed by atoms with E-state index in [2.05, 4.69) is 10.7 Å². The van der Waals surface area contributed by atoms with Crippen molar-refractivity contribution in [1.29, 1.82) is 0 Å². The van der Waals surface area contributed by atoms with Crippen LogP contribution in [-0.4, -0.2) is 34.0 Å². The van der Waals surface area contributed by atoms with Crippen molar-refractivity contribution >= 4 is 52.3 Å². The summed E-state index contributed by atoms with van der Waals surface area (Å²) in [6, 6.07) is 6.81. The van der Waals surface area contributed by atoms with Gasteiger partial charge in [-0.3, -0.25) is 14.9 Å². The number of hydrogen-bond acceptors (Lipinski definition) is 5. The molecule has 2 amide bonds. The maximum absolute atomic E-state index is 14.4. The molecule has 0 aliphatic carbocycles. The van der Waals surface area contributed by atoms with Gasteiger partial charge in [0.25, 0.3) is 0 Å². The first-order valence-corrected chi connectivity index (χ1v) is 10.1. The second-order valence-electron chi connectivity index (χ2n) is 6.92. The van der Waals surface area contributed by atoms with Gasteiger partial charge in [0, 0.05) is 15.6 Å². The van der Waals surface area contributed by atoms with Crippen LogP contribution in [0.25, 0.3) is 0 Å². The van der Waals surface area contributed by atoms with Crippen molar-refractivity contribution in [3.8, 4) is 0 Å². The Morgan fingerprint density at radius 1 is 1.07 bits per heavy atom. The molecule has 6 nitrogen and oxygen atoms in total. The first-order chi connectivity index (χ1) is 14.3. The maximum Gasteiger partial charge on any atom is 0.246 e. The lowest BCUT2D eigenvalue weighted by atomic mass is 9.90. The van der Waals surface area contributed by atoms with Crippen LogP contribution in [0, 0.1) is 11.7 Å². The van der Waals surface area contributed by atoms with Crippen LogP contribution >= 0.6 is 34.8 Å². The number of halogens is 4. The number of fused-ring (bicyclic) bond motifs is 1. The lowest BCUT2D eigenvalue weighted by Crippen LogP contribution is -2.55. The number of hydrogen-bond donors (Lipinski definition) is 3. The first-order valence-electron chi connectivity index (χ1n) is 8.93. The number of aliphatic hydroxyl groups is 1. The Labute approximate surface area is 186 Å². The fourth-order valence-corrected chi connectivity index (χ4v) is 4.40. The Kier molecular flexibility index (Phi) is 5.74. The number of rotatable bonds is 4. The molecule has 0 bridgehead atoms. The van der Waals surface area contributed by atoms with Crippen LogP contribution in [0.2, 0.25) is 15.1 Å². The molecule has 0 radical (unpaired) electrons. The van der Waals surface area contributed by atoms with E-state index in [1.165, 1.54) is 41.4 Å². The number of imide groups is 1. The van der Waals surface area contributed by atoms with E-state index < -0.39 is 41.7 Å². The quantitative estimate of drug-likeness (QED) is 0.469. The van der Waals surface area contributed by atoms with Gasteiger partial charge in [-0.05, 0) is 30.3 Å². The number of benzene rings is 2. The van der Waals surface area contributed by atoms with Crippen molar-refractivity contribution in [3.63, 3.8) is 0 Å². The Morgan fingerprint density at radius 2 is 1.83 bits per heavy atom. The second kappa shape index (κ2) is 8.17. The van der Waals surface area contributed by atoms with Crippen molar-refractivity contribution in [2.24, 2.45) is 5.92 Å². The van der Waals surface area contributed by atoms with Crippen molar-refractivity contribution in [2.75, 3.05) is 5.43 Å². The summed E-state index contributed by atoms with van der Waals surface area (Å²) in [6.45, 7) is 0. The van der Waals surface area contributed by atoms with Crippen molar-refractivity contribution < 1.29 is 19.1 Å². The molecule has 4 atom stereocenters. The van der Waals surface area contributed by atoms with Crippen LogP contribution in [0.15, 0.2) is 48.6 Å². The number of carbonyl (C=O) groups is 2. The number of aliphatic hydroxyl groups excluding tert-OH is 1. The van der Waals surface area contributed by atoms with Crippen LogP contribution < -0.4 is 10.7 Å². The average molecular weight is 471 g/mol. The molecular weight excluding hydrogens is 456 g/mol. The molecule has 156 valence electrons. The smallest absolute Gasteiger partial charge is 0.246 e. The molecule has 0 spiro atoms. The maximum atomic E-state index is 14.4. The van der Waals surface area contributed by atoms with Crippen LogP contribution in [0.1, 0.15) is 11.7 Å². The van der Waals surface area contributed by atoms with E-state index in [-0.39, 0.29) is 15.6 Å². The van der Waals surface area contributed by atoms with E-state index in [9.17, 15) is 19.1 Å². The van der Waals surface area contributed by atoms with Gasteiger partial charge in [-0.2, -0.15) is 0 Å². The summed E-state index contributed by atoms with van der Waals surface area (Å²) in [5.74, 6) is -2.49. The zero-order valence-electron chi connectivity index (χ0n) is 15.2. The number of carbonyl (C=O) groups excluding carboxylic acids is 2. The van der Waals surface area contributed by atoms with E-state index in [0.717, 1.165) is 0 Å². The highest BCUT2D eigenvalue weighted by atomic mass is 35.5. The third-order valence-corrected chi connectivity index (χ3v) is 5.97.